The van der Waals surface area contributed by atoms with Crippen molar-refractivity contribution < 1.29 is 0 Å². The zero-order valence-electron chi connectivity index (χ0n) is 11.4. The minimum absolute atomic E-state index is 0.418. The SMILES string of the molecule is CN(C)CCCn1ncc2c1CCCC2CC#N. The van der Waals surface area contributed by atoms with Gasteiger partial charge in [-0.1, -0.05) is 0 Å². The van der Waals surface area contributed by atoms with E-state index >= 15 is 0 Å². The molecule has 1 heterocycles. The third-order valence-corrected chi connectivity index (χ3v) is 3.70. The Morgan fingerprint density at radius 3 is 3.11 bits per heavy atom. The highest BCUT2D eigenvalue weighted by molar-refractivity contribution is 5.26. The Kier molecular flexibility index (Phi) is 4.38. The number of hydrogen-bond donors (Lipinski definition) is 0. The molecule has 98 valence electrons. The predicted octanol–water partition coefficient (Wildman–Crippen LogP) is 2.17. The summed E-state index contributed by atoms with van der Waals surface area (Å²) in [6.45, 7) is 2.09. The van der Waals surface area contributed by atoms with Gasteiger partial charge in [0, 0.05) is 24.6 Å². The standard InChI is InChI=1S/C14H22N4/c1-17(2)9-4-10-18-14-6-3-5-12(7-8-15)13(14)11-16-18/h11-12H,3-7,9-10H2,1-2H3. The van der Waals surface area contributed by atoms with Gasteiger partial charge in [0.2, 0.25) is 0 Å². The largest absolute Gasteiger partial charge is 0.309 e. The van der Waals surface area contributed by atoms with Gasteiger partial charge in [-0.2, -0.15) is 10.4 Å². The van der Waals surface area contributed by atoms with Crippen molar-refractivity contribution in [1.29, 1.82) is 5.26 Å². The highest BCUT2D eigenvalue weighted by Crippen LogP contribution is 2.33. The van der Waals surface area contributed by atoms with Gasteiger partial charge < -0.3 is 4.90 Å². The smallest absolute Gasteiger partial charge is 0.0628 e. The molecular formula is C14H22N4. The normalized spacial score (nSPS) is 18.7. The van der Waals surface area contributed by atoms with E-state index in [9.17, 15) is 0 Å². The second-order valence-electron chi connectivity index (χ2n) is 5.38. The van der Waals surface area contributed by atoms with Gasteiger partial charge >= 0.3 is 0 Å². The van der Waals surface area contributed by atoms with E-state index in [2.05, 4.69) is 34.8 Å². The summed E-state index contributed by atoms with van der Waals surface area (Å²) in [5, 5.41) is 13.4. The van der Waals surface area contributed by atoms with Crippen LogP contribution in [0.4, 0.5) is 0 Å². The van der Waals surface area contributed by atoms with Crippen molar-refractivity contribution in [3.63, 3.8) is 0 Å². The second kappa shape index (κ2) is 6.01. The molecule has 0 saturated heterocycles. The Bertz CT molecular complexity index is 427. The van der Waals surface area contributed by atoms with E-state index in [-0.39, 0.29) is 0 Å². The van der Waals surface area contributed by atoms with E-state index in [0.717, 1.165) is 32.4 Å². The summed E-state index contributed by atoms with van der Waals surface area (Å²) in [5.74, 6) is 0.418. The fraction of sp³-hybridized carbons (Fsp3) is 0.714. The van der Waals surface area contributed by atoms with Gasteiger partial charge in [0.25, 0.3) is 0 Å². The zero-order valence-corrected chi connectivity index (χ0v) is 11.4. The van der Waals surface area contributed by atoms with Crippen LogP contribution in [0.25, 0.3) is 0 Å². The summed E-state index contributed by atoms with van der Waals surface area (Å²) in [5.41, 5.74) is 2.70. The molecule has 0 saturated carbocycles. The van der Waals surface area contributed by atoms with Crippen LogP contribution in [0.15, 0.2) is 6.20 Å². The fourth-order valence-corrected chi connectivity index (χ4v) is 2.76. The van der Waals surface area contributed by atoms with Crippen molar-refractivity contribution in [2.75, 3.05) is 20.6 Å². The average Bonchev–Trinajstić information content (AvgIpc) is 2.74. The van der Waals surface area contributed by atoms with Crippen LogP contribution >= 0.6 is 0 Å². The van der Waals surface area contributed by atoms with Crippen molar-refractivity contribution in [3.8, 4) is 6.07 Å². The van der Waals surface area contributed by atoms with Crippen LogP contribution in [-0.4, -0.2) is 35.3 Å². The summed E-state index contributed by atoms with van der Waals surface area (Å²) >= 11 is 0. The van der Waals surface area contributed by atoms with Gasteiger partial charge in [-0.05, 0) is 51.9 Å². The summed E-state index contributed by atoms with van der Waals surface area (Å²) in [7, 11) is 4.20. The molecule has 0 amide bonds. The first-order chi connectivity index (χ1) is 8.72. The lowest BCUT2D eigenvalue weighted by molar-refractivity contribution is 0.376. The first kappa shape index (κ1) is 13.1. The molecule has 18 heavy (non-hydrogen) atoms. The van der Waals surface area contributed by atoms with E-state index in [0.29, 0.717) is 12.3 Å². The fourth-order valence-electron chi connectivity index (χ4n) is 2.76. The maximum absolute atomic E-state index is 8.87. The topological polar surface area (TPSA) is 44.9 Å². The van der Waals surface area contributed by atoms with Gasteiger partial charge in [-0.15, -0.1) is 0 Å². The van der Waals surface area contributed by atoms with Crippen LogP contribution in [0, 0.1) is 11.3 Å². The van der Waals surface area contributed by atoms with E-state index in [4.69, 9.17) is 5.26 Å². The van der Waals surface area contributed by atoms with E-state index in [1.54, 1.807) is 0 Å². The van der Waals surface area contributed by atoms with Crippen molar-refractivity contribution in [2.45, 2.75) is 44.6 Å². The first-order valence-electron chi connectivity index (χ1n) is 6.78. The van der Waals surface area contributed by atoms with Crippen LogP contribution in [-0.2, 0) is 13.0 Å². The van der Waals surface area contributed by atoms with Crippen LogP contribution in [0.5, 0.6) is 0 Å². The molecule has 0 aromatic carbocycles. The van der Waals surface area contributed by atoms with Crippen LogP contribution in [0.1, 0.15) is 42.9 Å². The highest BCUT2D eigenvalue weighted by atomic mass is 15.3. The van der Waals surface area contributed by atoms with Crippen LogP contribution in [0.3, 0.4) is 0 Å². The van der Waals surface area contributed by atoms with Gasteiger partial charge in [-0.3, -0.25) is 4.68 Å². The van der Waals surface area contributed by atoms with Crippen molar-refractivity contribution in [1.82, 2.24) is 14.7 Å². The number of hydrogen-bond acceptors (Lipinski definition) is 3. The van der Waals surface area contributed by atoms with Crippen molar-refractivity contribution >= 4 is 0 Å². The number of aromatic nitrogens is 2. The maximum Gasteiger partial charge on any atom is 0.0628 e. The summed E-state index contributed by atoms with van der Waals surface area (Å²) < 4.78 is 2.16. The molecule has 4 heteroatoms. The molecule has 1 aliphatic rings. The lowest BCUT2D eigenvalue weighted by Gasteiger charge is -2.21. The first-order valence-corrected chi connectivity index (χ1v) is 6.78. The number of fused-ring (bicyclic) bond motifs is 1. The van der Waals surface area contributed by atoms with Gasteiger partial charge in [0.1, 0.15) is 0 Å². The monoisotopic (exact) mass is 246 g/mol. The Hall–Kier alpha value is -1.34. The Balaban J connectivity index is 2.04. The van der Waals surface area contributed by atoms with Crippen LogP contribution < -0.4 is 0 Å². The molecule has 1 atom stereocenters. The lowest BCUT2D eigenvalue weighted by Crippen LogP contribution is -2.17. The molecule has 0 spiro atoms. The molecule has 2 rings (SSSR count). The highest BCUT2D eigenvalue weighted by Gasteiger charge is 2.23. The summed E-state index contributed by atoms with van der Waals surface area (Å²) in [4.78, 5) is 2.20. The summed E-state index contributed by atoms with van der Waals surface area (Å²) in [6, 6.07) is 2.30. The lowest BCUT2D eigenvalue weighted by atomic mass is 9.85. The Morgan fingerprint density at radius 2 is 2.39 bits per heavy atom. The molecule has 0 radical (unpaired) electrons. The minimum atomic E-state index is 0.418. The Labute approximate surface area is 109 Å². The van der Waals surface area contributed by atoms with Gasteiger partial charge in [0.15, 0.2) is 0 Å². The number of rotatable bonds is 5. The van der Waals surface area contributed by atoms with Crippen molar-refractivity contribution in [2.24, 2.45) is 0 Å². The molecule has 4 nitrogen and oxygen atoms in total. The molecule has 0 N–H and O–H groups in total. The number of aryl methyl sites for hydroxylation is 1. The van der Waals surface area contributed by atoms with Gasteiger partial charge in [-0.25, -0.2) is 0 Å². The maximum atomic E-state index is 8.87. The molecule has 1 aromatic heterocycles. The number of nitriles is 1. The Morgan fingerprint density at radius 1 is 1.56 bits per heavy atom. The number of nitrogens with zero attached hydrogens (tertiary/aromatic N) is 4. The van der Waals surface area contributed by atoms with E-state index in [1.165, 1.54) is 17.7 Å². The van der Waals surface area contributed by atoms with E-state index < -0.39 is 0 Å². The average molecular weight is 246 g/mol. The second-order valence-corrected chi connectivity index (χ2v) is 5.38. The molecule has 0 aliphatic heterocycles. The predicted molar refractivity (Wildman–Crippen MR) is 71.3 cm³/mol. The zero-order chi connectivity index (χ0) is 13.0. The molecule has 1 aliphatic carbocycles. The van der Waals surface area contributed by atoms with E-state index in [1.807, 2.05) is 6.20 Å². The molecule has 1 aromatic rings. The third-order valence-electron chi connectivity index (χ3n) is 3.70. The van der Waals surface area contributed by atoms with Crippen molar-refractivity contribution in [3.05, 3.63) is 17.5 Å². The quantitative estimate of drug-likeness (QED) is 0.800. The molecule has 0 fully saturated rings. The summed E-state index contributed by atoms with van der Waals surface area (Å²) in [6.07, 6.45) is 7.22. The molecule has 0 bridgehead atoms. The van der Waals surface area contributed by atoms with Crippen LogP contribution in [0.2, 0.25) is 0 Å². The van der Waals surface area contributed by atoms with Gasteiger partial charge in [0.05, 0.1) is 12.3 Å². The minimum Gasteiger partial charge on any atom is -0.309 e. The molecular weight excluding hydrogens is 224 g/mol. The molecule has 1 unspecified atom stereocenters. The third kappa shape index (κ3) is 2.91.